The monoisotopic (exact) mass is 359 g/mol. The number of benzene rings is 2. The van der Waals surface area contributed by atoms with Crippen LogP contribution in [0, 0.1) is 0 Å². The quantitative estimate of drug-likeness (QED) is 0.666. The summed E-state index contributed by atoms with van der Waals surface area (Å²) >= 11 is 0. The topological polar surface area (TPSA) is 47.4 Å². The molecule has 0 aliphatic rings. The number of hydrogen-bond donors (Lipinski definition) is 0. The third-order valence-corrected chi connectivity index (χ3v) is 4.01. The maximum absolute atomic E-state index is 13.5. The Morgan fingerprint density at radius 2 is 1.88 bits per heavy atom. The van der Waals surface area contributed by atoms with Crippen molar-refractivity contribution in [3.8, 4) is 5.75 Å². The Morgan fingerprint density at radius 3 is 2.62 bits per heavy atom. The summed E-state index contributed by atoms with van der Waals surface area (Å²) in [5.74, 6) is 0.280. The average Bonchev–Trinajstić information content (AvgIpc) is 2.99. The summed E-state index contributed by atoms with van der Waals surface area (Å²) in [6.45, 7) is -0.527. The molecule has 0 unspecified atom stereocenters. The fourth-order valence-electron chi connectivity index (χ4n) is 2.84. The number of imidazole rings is 1. The minimum atomic E-state index is -2.74. The molecule has 3 rings (SSSR count). The summed E-state index contributed by atoms with van der Waals surface area (Å²) in [5, 5.41) is 0. The number of hydrogen-bond acceptors (Lipinski definition) is 3. The lowest BCUT2D eigenvalue weighted by Gasteiger charge is -2.19. The van der Waals surface area contributed by atoms with Crippen molar-refractivity contribution in [2.24, 2.45) is 0 Å². The van der Waals surface area contributed by atoms with Crippen LogP contribution in [0.4, 0.5) is 8.78 Å². The van der Waals surface area contributed by atoms with E-state index in [4.69, 9.17) is 4.74 Å². The number of alkyl halides is 2. The Bertz CT molecular complexity index is 924. The van der Waals surface area contributed by atoms with Gasteiger partial charge < -0.3 is 9.64 Å². The van der Waals surface area contributed by atoms with Crippen molar-refractivity contribution in [2.45, 2.75) is 20.0 Å². The predicted octanol–water partition coefficient (Wildman–Crippen LogP) is 4.10. The van der Waals surface area contributed by atoms with Gasteiger partial charge in [-0.1, -0.05) is 24.3 Å². The summed E-state index contributed by atoms with van der Waals surface area (Å²) in [7, 11) is 1.56. The van der Waals surface area contributed by atoms with E-state index in [0.717, 1.165) is 4.57 Å². The Hall–Kier alpha value is -2.96. The molecule has 0 aliphatic heterocycles. The van der Waals surface area contributed by atoms with Crippen molar-refractivity contribution in [3.05, 3.63) is 59.9 Å². The Labute approximate surface area is 149 Å². The maximum Gasteiger partial charge on any atom is 0.320 e. The SMILES string of the molecule is CCOc1ccccc1C(=O)N(C)Cc1nc2ccccc2n1C(F)F. The van der Waals surface area contributed by atoms with Crippen molar-refractivity contribution in [1.29, 1.82) is 0 Å². The largest absolute Gasteiger partial charge is 0.493 e. The number of ether oxygens (including phenoxy) is 1. The van der Waals surface area contributed by atoms with Crippen LogP contribution in [0.25, 0.3) is 11.0 Å². The molecule has 5 nitrogen and oxygen atoms in total. The van der Waals surface area contributed by atoms with E-state index in [1.54, 1.807) is 55.6 Å². The summed E-state index contributed by atoms with van der Waals surface area (Å²) in [6, 6.07) is 13.5. The summed E-state index contributed by atoms with van der Waals surface area (Å²) < 4.78 is 33.4. The second kappa shape index (κ2) is 7.51. The first-order chi connectivity index (χ1) is 12.5. The molecule has 0 spiro atoms. The molecule has 0 atom stereocenters. The van der Waals surface area contributed by atoms with Crippen molar-refractivity contribution in [1.82, 2.24) is 14.5 Å². The number of amides is 1. The highest BCUT2D eigenvalue weighted by Gasteiger charge is 2.22. The Morgan fingerprint density at radius 1 is 1.19 bits per heavy atom. The molecule has 3 aromatic rings. The van der Waals surface area contributed by atoms with E-state index in [1.807, 2.05) is 6.92 Å². The van der Waals surface area contributed by atoms with Gasteiger partial charge in [-0.05, 0) is 31.2 Å². The fourth-order valence-corrected chi connectivity index (χ4v) is 2.84. The summed E-state index contributed by atoms with van der Waals surface area (Å²) in [6.07, 6.45) is 0. The van der Waals surface area contributed by atoms with Gasteiger partial charge in [0.25, 0.3) is 5.91 Å². The van der Waals surface area contributed by atoms with Gasteiger partial charge in [-0.3, -0.25) is 9.36 Å². The lowest BCUT2D eigenvalue weighted by atomic mass is 10.1. The zero-order valence-corrected chi connectivity index (χ0v) is 14.5. The van der Waals surface area contributed by atoms with Gasteiger partial charge in [0, 0.05) is 7.05 Å². The van der Waals surface area contributed by atoms with Crippen molar-refractivity contribution in [2.75, 3.05) is 13.7 Å². The number of carbonyl (C=O) groups is 1. The highest BCUT2D eigenvalue weighted by molar-refractivity contribution is 5.96. The molecule has 0 saturated heterocycles. The Balaban J connectivity index is 1.91. The third kappa shape index (κ3) is 3.37. The van der Waals surface area contributed by atoms with E-state index in [0.29, 0.717) is 29.0 Å². The zero-order chi connectivity index (χ0) is 18.7. The van der Waals surface area contributed by atoms with Gasteiger partial charge in [-0.2, -0.15) is 8.78 Å². The van der Waals surface area contributed by atoms with Gasteiger partial charge >= 0.3 is 6.55 Å². The molecular formula is C19H19F2N3O2. The first-order valence-electron chi connectivity index (χ1n) is 8.24. The Kier molecular flexibility index (Phi) is 5.16. The number of carbonyl (C=O) groups excluding carboxylic acids is 1. The first kappa shape index (κ1) is 17.8. The lowest BCUT2D eigenvalue weighted by molar-refractivity contribution is 0.0645. The van der Waals surface area contributed by atoms with Crippen molar-refractivity contribution >= 4 is 16.9 Å². The number of rotatable bonds is 6. The first-order valence-corrected chi connectivity index (χ1v) is 8.24. The van der Waals surface area contributed by atoms with Gasteiger partial charge in [-0.25, -0.2) is 4.98 Å². The second-order valence-electron chi connectivity index (χ2n) is 5.75. The van der Waals surface area contributed by atoms with Crippen LogP contribution < -0.4 is 4.74 Å². The van der Waals surface area contributed by atoms with Crippen LogP contribution in [0.2, 0.25) is 0 Å². The number of halogens is 2. The smallest absolute Gasteiger partial charge is 0.320 e. The molecule has 1 aromatic heterocycles. The lowest BCUT2D eigenvalue weighted by Crippen LogP contribution is -2.28. The molecule has 0 fully saturated rings. The highest BCUT2D eigenvalue weighted by atomic mass is 19.3. The normalized spacial score (nSPS) is 11.1. The van der Waals surface area contributed by atoms with E-state index in [-0.39, 0.29) is 18.3 Å². The van der Waals surface area contributed by atoms with Crippen LogP contribution in [0.15, 0.2) is 48.5 Å². The molecule has 0 radical (unpaired) electrons. The van der Waals surface area contributed by atoms with Gasteiger partial charge in [0.15, 0.2) is 0 Å². The van der Waals surface area contributed by atoms with E-state index < -0.39 is 6.55 Å². The van der Waals surface area contributed by atoms with E-state index >= 15 is 0 Å². The molecule has 7 heteroatoms. The highest BCUT2D eigenvalue weighted by Crippen LogP contribution is 2.25. The molecule has 2 aromatic carbocycles. The number of aromatic nitrogens is 2. The van der Waals surface area contributed by atoms with Crippen molar-refractivity contribution < 1.29 is 18.3 Å². The molecule has 1 amide bonds. The van der Waals surface area contributed by atoms with E-state index in [2.05, 4.69) is 4.98 Å². The number of para-hydroxylation sites is 3. The van der Waals surface area contributed by atoms with Gasteiger partial charge in [0.2, 0.25) is 0 Å². The van der Waals surface area contributed by atoms with Crippen LogP contribution in [0.5, 0.6) is 5.75 Å². The molecule has 1 heterocycles. The third-order valence-electron chi connectivity index (χ3n) is 4.01. The second-order valence-corrected chi connectivity index (χ2v) is 5.75. The number of nitrogens with zero attached hydrogens (tertiary/aromatic N) is 3. The molecule has 0 bridgehead atoms. The van der Waals surface area contributed by atoms with Crippen LogP contribution in [-0.2, 0) is 6.54 Å². The minimum Gasteiger partial charge on any atom is -0.493 e. The van der Waals surface area contributed by atoms with Crippen LogP contribution in [-0.4, -0.2) is 34.0 Å². The standard InChI is InChI=1S/C19H19F2N3O2/c1-3-26-16-11-7-4-8-13(16)18(25)23(2)12-17-22-14-9-5-6-10-15(14)24(17)19(20)21/h4-11,19H,3,12H2,1-2H3. The van der Waals surface area contributed by atoms with E-state index in [9.17, 15) is 13.6 Å². The van der Waals surface area contributed by atoms with Crippen LogP contribution in [0.3, 0.4) is 0 Å². The van der Waals surface area contributed by atoms with Gasteiger partial charge in [0.1, 0.15) is 11.6 Å². The van der Waals surface area contributed by atoms with Crippen molar-refractivity contribution in [3.63, 3.8) is 0 Å². The van der Waals surface area contributed by atoms with Gasteiger partial charge in [-0.15, -0.1) is 0 Å². The van der Waals surface area contributed by atoms with Crippen LogP contribution >= 0.6 is 0 Å². The maximum atomic E-state index is 13.5. The molecular weight excluding hydrogens is 340 g/mol. The van der Waals surface area contributed by atoms with Gasteiger partial charge in [0.05, 0.1) is 29.7 Å². The minimum absolute atomic E-state index is 0.0433. The fraction of sp³-hybridized carbons (Fsp3) is 0.263. The molecule has 0 N–H and O–H groups in total. The summed E-state index contributed by atoms with van der Waals surface area (Å²) in [5.41, 5.74) is 1.20. The average molecular weight is 359 g/mol. The molecule has 136 valence electrons. The van der Waals surface area contributed by atoms with E-state index in [1.165, 1.54) is 4.90 Å². The number of fused-ring (bicyclic) bond motifs is 1. The molecule has 26 heavy (non-hydrogen) atoms. The predicted molar refractivity (Wildman–Crippen MR) is 94.4 cm³/mol. The molecule has 0 saturated carbocycles. The molecule has 0 aliphatic carbocycles. The zero-order valence-electron chi connectivity index (χ0n) is 14.5. The summed E-state index contributed by atoms with van der Waals surface area (Å²) in [4.78, 5) is 18.4. The van der Waals surface area contributed by atoms with Crippen LogP contribution in [0.1, 0.15) is 29.7 Å².